The number of halogens is 3. The highest BCUT2D eigenvalue weighted by Crippen LogP contribution is 2.36. The fourth-order valence-corrected chi connectivity index (χ4v) is 5.29. The van der Waals surface area contributed by atoms with E-state index in [0.29, 0.717) is 16.5 Å². The van der Waals surface area contributed by atoms with Gasteiger partial charge >= 0.3 is 0 Å². The normalized spacial score (nSPS) is 11.1. The lowest BCUT2D eigenvalue weighted by Crippen LogP contribution is -2.38. The van der Waals surface area contributed by atoms with E-state index in [2.05, 4.69) is 5.32 Å². The molecule has 0 heterocycles. The Bertz CT molecular complexity index is 1570. The van der Waals surface area contributed by atoms with Gasteiger partial charge in [-0.15, -0.1) is 0 Å². The summed E-state index contributed by atoms with van der Waals surface area (Å²) in [5.74, 6) is -0.337. The van der Waals surface area contributed by atoms with Crippen LogP contribution in [0.15, 0.2) is 95.9 Å². The van der Waals surface area contributed by atoms with E-state index in [1.807, 2.05) is 0 Å². The number of carbonyl (C=O) groups is 1. The third-order valence-electron chi connectivity index (χ3n) is 5.31. The lowest BCUT2D eigenvalue weighted by molar-refractivity contribution is -0.114. The van der Waals surface area contributed by atoms with Gasteiger partial charge in [-0.1, -0.05) is 53.5 Å². The molecule has 1 amide bonds. The number of hydrogen-bond acceptors (Lipinski definition) is 5. The number of nitrogens with zero attached hydrogens (tertiary/aromatic N) is 1. The summed E-state index contributed by atoms with van der Waals surface area (Å²) in [6, 6.07) is 22.5. The maximum Gasteiger partial charge on any atom is 0.264 e. The van der Waals surface area contributed by atoms with E-state index in [1.54, 1.807) is 54.6 Å². The number of para-hydroxylation sites is 2. The smallest absolute Gasteiger partial charge is 0.264 e. The third-order valence-corrected chi connectivity index (χ3v) is 7.63. The van der Waals surface area contributed by atoms with Gasteiger partial charge < -0.3 is 14.8 Å². The minimum absolute atomic E-state index is 0.00647. The van der Waals surface area contributed by atoms with E-state index in [9.17, 15) is 17.6 Å². The molecular formula is C27H21Cl2FN2O5S. The van der Waals surface area contributed by atoms with Crippen molar-refractivity contribution in [2.45, 2.75) is 4.90 Å². The monoisotopic (exact) mass is 574 g/mol. The van der Waals surface area contributed by atoms with Crippen LogP contribution >= 0.6 is 23.2 Å². The summed E-state index contributed by atoms with van der Waals surface area (Å²) in [4.78, 5) is 13.2. The van der Waals surface area contributed by atoms with E-state index in [0.717, 1.165) is 16.4 Å². The molecule has 11 heteroatoms. The lowest BCUT2D eigenvalue weighted by atomic mass is 10.2. The zero-order valence-electron chi connectivity index (χ0n) is 19.9. The van der Waals surface area contributed by atoms with Crippen molar-refractivity contribution in [3.63, 3.8) is 0 Å². The summed E-state index contributed by atoms with van der Waals surface area (Å²) in [5, 5.41) is 2.68. The highest BCUT2D eigenvalue weighted by molar-refractivity contribution is 7.92. The third kappa shape index (κ3) is 6.19. The molecule has 0 aliphatic heterocycles. The first-order valence-corrected chi connectivity index (χ1v) is 13.3. The molecule has 0 aromatic heterocycles. The highest BCUT2D eigenvalue weighted by Gasteiger charge is 2.28. The van der Waals surface area contributed by atoms with Crippen molar-refractivity contribution >= 4 is 50.5 Å². The maximum absolute atomic E-state index is 13.8. The highest BCUT2D eigenvalue weighted by atomic mass is 35.5. The first-order valence-electron chi connectivity index (χ1n) is 11.1. The molecule has 0 saturated heterocycles. The number of ether oxygens (including phenoxy) is 2. The molecule has 0 unspecified atom stereocenters. The van der Waals surface area contributed by atoms with Gasteiger partial charge in [-0.2, -0.15) is 0 Å². The second kappa shape index (κ2) is 11.7. The van der Waals surface area contributed by atoms with Crippen LogP contribution in [-0.4, -0.2) is 28.0 Å². The van der Waals surface area contributed by atoms with Gasteiger partial charge in [-0.05, 0) is 60.7 Å². The second-order valence-electron chi connectivity index (χ2n) is 7.86. The van der Waals surface area contributed by atoms with Gasteiger partial charge in [-0.25, -0.2) is 12.8 Å². The first-order chi connectivity index (χ1) is 18.2. The Morgan fingerprint density at radius 2 is 1.58 bits per heavy atom. The first kappa shape index (κ1) is 27.3. The van der Waals surface area contributed by atoms with E-state index < -0.39 is 28.3 Å². The van der Waals surface area contributed by atoms with Gasteiger partial charge in [0.05, 0.1) is 28.4 Å². The molecule has 4 aromatic rings. The van der Waals surface area contributed by atoms with Gasteiger partial charge in [0.1, 0.15) is 12.4 Å². The number of hydrogen-bond donors (Lipinski definition) is 1. The van der Waals surface area contributed by atoms with Crippen LogP contribution in [0, 0.1) is 5.82 Å². The maximum atomic E-state index is 13.8. The van der Waals surface area contributed by atoms with Gasteiger partial charge in [0.25, 0.3) is 10.0 Å². The van der Waals surface area contributed by atoms with Crippen molar-refractivity contribution in [2.24, 2.45) is 0 Å². The number of benzene rings is 4. The summed E-state index contributed by atoms with van der Waals surface area (Å²) in [6.07, 6.45) is 0. The number of methoxy groups -OCH3 is 1. The fraction of sp³-hybridized carbons (Fsp3) is 0.0741. The molecule has 0 aliphatic rings. The van der Waals surface area contributed by atoms with Gasteiger partial charge in [-0.3, -0.25) is 9.10 Å². The average molecular weight is 575 g/mol. The Morgan fingerprint density at radius 3 is 2.26 bits per heavy atom. The summed E-state index contributed by atoms with van der Waals surface area (Å²) in [6.45, 7) is -0.653. The van der Waals surface area contributed by atoms with E-state index in [-0.39, 0.29) is 27.0 Å². The molecule has 4 aromatic carbocycles. The number of nitrogens with one attached hydrogen (secondary N) is 1. The Labute approximate surface area is 229 Å². The molecular weight excluding hydrogens is 554 g/mol. The van der Waals surface area contributed by atoms with Crippen molar-refractivity contribution in [3.05, 3.63) is 107 Å². The van der Waals surface area contributed by atoms with Crippen LogP contribution in [0.2, 0.25) is 10.0 Å². The van der Waals surface area contributed by atoms with Crippen LogP contribution in [0.4, 0.5) is 15.8 Å². The van der Waals surface area contributed by atoms with E-state index >= 15 is 0 Å². The summed E-state index contributed by atoms with van der Waals surface area (Å²) < 4.78 is 52.9. The molecule has 1 N–H and O–H groups in total. The molecule has 0 saturated carbocycles. The van der Waals surface area contributed by atoms with Gasteiger partial charge in [0.2, 0.25) is 5.91 Å². The molecule has 0 spiro atoms. The minimum Gasteiger partial charge on any atom is -0.493 e. The molecule has 0 aliphatic carbocycles. The average Bonchev–Trinajstić information content (AvgIpc) is 2.91. The van der Waals surface area contributed by atoms with E-state index in [4.69, 9.17) is 32.7 Å². The van der Waals surface area contributed by atoms with Crippen molar-refractivity contribution in [2.75, 3.05) is 23.3 Å². The molecule has 0 radical (unpaired) electrons. The molecule has 4 rings (SSSR count). The Hall–Kier alpha value is -3.79. The summed E-state index contributed by atoms with van der Waals surface area (Å²) in [5.41, 5.74) is 0.203. The number of rotatable bonds is 9. The predicted molar refractivity (Wildman–Crippen MR) is 146 cm³/mol. The van der Waals surface area contributed by atoms with Crippen molar-refractivity contribution in [3.8, 4) is 17.2 Å². The zero-order chi connectivity index (χ0) is 27.3. The molecule has 0 fully saturated rings. The number of sulfonamides is 1. The molecule has 0 bridgehead atoms. The lowest BCUT2D eigenvalue weighted by Gasteiger charge is -2.24. The van der Waals surface area contributed by atoms with Crippen LogP contribution in [-0.2, 0) is 14.8 Å². The van der Waals surface area contributed by atoms with Gasteiger partial charge in [0, 0.05) is 5.02 Å². The Kier molecular flexibility index (Phi) is 8.41. The molecule has 196 valence electrons. The van der Waals surface area contributed by atoms with Gasteiger partial charge in [0.15, 0.2) is 17.2 Å². The van der Waals surface area contributed by atoms with Crippen molar-refractivity contribution < 1.29 is 27.1 Å². The number of anilines is 2. The quantitative estimate of drug-likeness (QED) is 0.238. The van der Waals surface area contributed by atoms with Crippen LogP contribution in [0.5, 0.6) is 17.2 Å². The zero-order valence-corrected chi connectivity index (χ0v) is 22.2. The van der Waals surface area contributed by atoms with Crippen LogP contribution in [0.1, 0.15) is 0 Å². The van der Waals surface area contributed by atoms with Crippen LogP contribution in [0.25, 0.3) is 0 Å². The largest absolute Gasteiger partial charge is 0.493 e. The van der Waals surface area contributed by atoms with Crippen LogP contribution < -0.4 is 19.1 Å². The van der Waals surface area contributed by atoms with E-state index in [1.165, 1.54) is 31.4 Å². The molecule has 0 atom stereocenters. The Morgan fingerprint density at radius 1 is 0.895 bits per heavy atom. The number of amides is 1. The summed E-state index contributed by atoms with van der Waals surface area (Å²) in [7, 11) is -2.73. The fourth-order valence-electron chi connectivity index (χ4n) is 3.51. The second-order valence-corrected chi connectivity index (χ2v) is 10.6. The van der Waals surface area contributed by atoms with Crippen LogP contribution in [0.3, 0.4) is 0 Å². The van der Waals surface area contributed by atoms with Crippen molar-refractivity contribution in [1.82, 2.24) is 0 Å². The number of carbonyl (C=O) groups excluding carboxylic acids is 1. The minimum atomic E-state index is -4.23. The Balaban J connectivity index is 1.66. The SMILES string of the molecule is COc1ccccc1Oc1ccc(Cl)cc1NC(=O)CN(c1ccc(F)c(Cl)c1)S(=O)(=O)c1ccccc1. The van der Waals surface area contributed by atoms with Crippen molar-refractivity contribution in [1.29, 1.82) is 0 Å². The predicted octanol–water partition coefficient (Wildman–Crippen LogP) is 6.77. The molecule has 38 heavy (non-hydrogen) atoms. The summed E-state index contributed by atoms with van der Waals surface area (Å²) >= 11 is 12.1. The molecule has 7 nitrogen and oxygen atoms in total. The standard InChI is InChI=1S/C27H21Cl2FN2O5S/c1-36-25-9-5-6-10-26(25)37-24-14-11-18(28)15-23(24)31-27(33)17-32(19-12-13-22(30)21(29)16-19)38(34,35)20-7-3-2-4-8-20/h2-16H,17H2,1H3,(H,31,33). The topological polar surface area (TPSA) is 84.9 Å².